The molecule has 0 unspecified atom stereocenters. The smallest absolute Gasteiger partial charge is 0.334 e. The summed E-state index contributed by atoms with van der Waals surface area (Å²) in [5.41, 5.74) is 1.79. The third-order valence-electron chi connectivity index (χ3n) is 5.89. The predicted molar refractivity (Wildman–Crippen MR) is 114 cm³/mol. The molecule has 1 aromatic carbocycles. The fourth-order valence-electron chi connectivity index (χ4n) is 4.54. The van der Waals surface area contributed by atoms with E-state index in [0.29, 0.717) is 11.1 Å². The molecule has 8 heteroatoms. The Morgan fingerprint density at radius 1 is 1.19 bits per heavy atom. The number of hydrogen-bond donors (Lipinski definition) is 0. The highest BCUT2D eigenvalue weighted by Gasteiger charge is 2.46. The van der Waals surface area contributed by atoms with Gasteiger partial charge < -0.3 is 14.4 Å². The van der Waals surface area contributed by atoms with Crippen molar-refractivity contribution in [3.05, 3.63) is 62.9 Å². The van der Waals surface area contributed by atoms with Crippen molar-refractivity contribution in [2.24, 2.45) is 5.92 Å². The lowest BCUT2D eigenvalue weighted by Crippen LogP contribution is -2.41. The summed E-state index contributed by atoms with van der Waals surface area (Å²) in [6.45, 7) is 5.20. The molecule has 0 saturated carbocycles. The Balaban J connectivity index is 2.26. The van der Waals surface area contributed by atoms with Crippen molar-refractivity contribution in [1.82, 2.24) is 4.90 Å². The fourth-order valence-corrected chi connectivity index (χ4v) is 4.54. The van der Waals surface area contributed by atoms with Gasteiger partial charge in [0.05, 0.1) is 18.6 Å². The number of hydrogen-bond acceptors (Lipinski definition) is 7. The Morgan fingerprint density at radius 3 is 2.48 bits per heavy atom. The van der Waals surface area contributed by atoms with Crippen molar-refractivity contribution in [3.63, 3.8) is 0 Å². The minimum atomic E-state index is -0.882. The number of piperidine rings is 1. The van der Waals surface area contributed by atoms with Crippen molar-refractivity contribution < 1.29 is 24.0 Å². The molecule has 0 aromatic heterocycles. The van der Waals surface area contributed by atoms with E-state index in [2.05, 4.69) is 4.90 Å². The van der Waals surface area contributed by atoms with Crippen molar-refractivity contribution in [3.8, 4) is 0 Å². The Hall–Kier alpha value is -3.16. The molecule has 0 amide bonds. The standard InChI is InChI=1S/C23H28N2O6/c1-4-31-23(27)19-15(2)14-18(24-12-8-5-9-13-24)21(22(26)30-3)20(19)16-10-6-7-11-17(16)25(28)29/h6-7,10-11,14,20-21H,4-5,8-9,12-13H2,1-3H3/t20-,21-/m0/s1. The molecule has 1 aromatic rings. The van der Waals surface area contributed by atoms with E-state index in [0.717, 1.165) is 38.0 Å². The third-order valence-corrected chi connectivity index (χ3v) is 5.89. The zero-order chi connectivity index (χ0) is 22.5. The summed E-state index contributed by atoms with van der Waals surface area (Å²) in [5, 5.41) is 11.8. The van der Waals surface area contributed by atoms with Gasteiger partial charge in [-0.15, -0.1) is 0 Å². The normalized spacial score (nSPS) is 21.4. The van der Waals surface area contributed by atoms with Gasteiger partial charge in [0.15, 0.2) is 0 Å². The van der Waals surface area contributed by atoms with Crippen LogP contribution in [0.3, 0.4) is 0 Å². The first kappa shape index (κ1) is 22.5. The van der Waals surface area contributed by atoms with Crippen LogP contribution in [0.1, 0.15) is 44.6 Å². The minimum Gasteiger partial charge on any atom is -0.468 e. The number of nitrogens with zero attached hydrogens (tertiary/aromatic N) is 2. The van der Waals surface area contributed by atoms with E-state index in [9.17, 15) is 19.7 Å². The number of esters is 2. The van der Waals surface area contributed by atoms with E-state index < -0.39 is 28.7 Å². The largest absolute Gasteiger partial charge is 0.468 e. The number of carbonyl (C=O) groups is 2. The third kappa shape index (κ3) is 4.47. The first-order valence-electron chi connectivity index (χ1n) is 10.6. The topological polar surface area (TPSA) is 99.0 Å². The van der Waals surface area contributed by atoms with Crippen molar-refractivity contribution in [2.45, 2.75) is 39.0 Å². The predicted octanol–water partition coefficient (Wildman–Crippen LogP) is 3.73. The molecule has 0 N–H and O–H groups in total. The molecule has 1 aliphatic carbocycles. The number of allylic oxidation sites excluding steroid dienone is 2. The molecule has 1 aliphatic heterocycles. The number of methoxy groups -OCH3 is 1. The van der Waals surface area contributed by atoms with Gasteiger partial charge in [-0.2, -0.15) is 0 Å². The maximum atomic E-state index is 13.1. The van der Waals surface area contributed by atoms with Crippen molar-refractivity contribution >= 4 is 17.6 Å². The average Bonchev–Trinajstić information content (AvgIpc) is 2.78. The van der Waals surface area contributed by atoms with Crippen LogP contribution in [-0.4, -0.2) is 48.6 Å². The van der Waals surface area contributed by atoms with Gasteiger partial charge in [-0.05, 0) is 44.8 Å². The van der Waals surface area contributed by atoms with Gasteiger partial charge in [-0.25, -0.2) is 4.79 Å². The van der Waals surface area contributed by atoms with Crippen LogP contribution >= 0.6 is 0 Å². The van der Waals surface area contributed by atoms with E-state index >= 15 is 0 Å². The van der Waals surface area contributed by atoms with Crippen molar-refractivity contribution in [2.75, 3.05) is 26.8 Å². The Morgan fingerprint density at radius 2 is 1.87 bits per heavy atom. The van der Waals surface area contributed by atoms with Crippen LogP contribution in [0.25, 0.3) is 0 Å². The number of nitro groups is 1. The monoisotopic (exact) mass is 428 g/mol. The second-order valence-electron chi connectivity index (χ2n) is 7.73. The Bertz CT molecular complexity index is 930. The molecule has 31 heavy (non-hydrogen) atoms. The lowest BCUT2D eigenvalue weighted by Gasteiger charge is -2.40. The van der Waals surface area contributed by atoms with Crippen LogP contribution in [0, 0.1) is 16.0 Å². The first-order valence-corrected chi connectivity index (χ1v) is 10.6. The minimum absolute atomic E-state index is 0.143. The van der Waals surface area contributed by atoms with E-state index in [-0.39, 0.29) is 17.9 Å². The number of nitro benzene ring substituents is 1. The van der Waals surface area contributed by atoms with Gasteiger partial charge in [-0.1, -0.05) is 18.2 Å². The zero-order valence-electron chi connectivity index (χ0n) is 18.1. The molecule has 0 radical (unpaired) electrons. The first-order chi connectivity index (χ1) is 14.9. The summed E-state index contributed by atoms with van der Waals surface area (Å²) < 4.78 is 10.4. The Labute approximate surface area is 181 Å². The van der Waals surface area contributed by atoms with E-state index in [1.807, 2.05) is 6.08 Å². The van der Waals surface area contributed by atoms with Gasteiger partial charge in [0.1, 0.15) is 5.92 Å². The second-order valence-corrected chi connectivity index (χ2v) is 7.73. The highest BCUT2D eigenvalue weighted by Crippen LogP contribution is 2.47. The molecular formula is C23H28N2O6. The summed E-state index contributed by atoms with van der Waals surface area (Å²) >= 11 is 0. The molecule has 1 fully saturated rings. The van der Waals surface area contributed by atoms with Gasteiger partial charge in [0, 0.05) is 41.9 Å². The van der Waals surface area contributed by atoms with Gasteiger partial charge >= 0.3 is 11.9 Å². The molecule has 0 bridgehead atoms. The highest BCUT2D eigenvalue weighted by atomic mass is 16.6. The van der Waals surface area contributed by atoms with Crippen LogP contribution in [0.5, 0.6) is 0 Å². The van der Waals surface area contributed by atoms with Crippen LogP contribution in [-0.2, 0) is 19.1 Å². The molecule has 2 aliphatic rings. The van der Waals surface area contributed by atoms with Gasteiger partial charge in [0.25, 0.3) is 5.69 Å². The second kappa shape index (κ2) is 9.76. The van der Waals surface area contributed by atoms with E-state index in [1.54, 1.807) is 32.0 Å². The molecule has 8 nitrogen and oxygen atoms in total. The summed E-state index contributed by atoms with van der Waals surface area (Å²) in [4.78, 5) is 39.5. The van der Waals surface area contributed by atoms with E-state index in [4.69, 9.17) is 9.47 Å². The molecular weight excluding hydrogens is 400 g/mol. The number of ether oxygens (including phenoxy) is 2. The summed E-state index contributed by atoms with van der Waals surface area (Å²) in [5.74, 6) is -2.87. The molecule has 1 saturated heterocycles. The SMILES string of the molecule is CCOC(=O)C1=C(C)C=C(N2CCCCC2)[C@H](C(=O)OC)[C@H]1c1ccccc1[N+](=O)[O-]. The maximum Gasteiger partial charge on any atom is 0.334 e. The van der Waals surface area contributed by atoms with Gasteiger partial charge in [-0.3, -0.25) is 14.9 Å². The number of rotatable bonds is 6. The number of likely N-dealkylation sites (tertiary alicyclic amines) is 1. The molecule has 2 atom stereocenters. The molecule has 0 spiro atoms. The number of carbonyl (C=O) groups excluding carboxylic acids is 2. The van der Waals surface area contributed by atoms with Gasteiger partial charge in [0.2, 0.25) is 0 Å². The van der Waals surface area contributed by atoms with Crippen LogP contribution in [0.4, 0.5) is 5.69 Å². The summed E-state index contributed by atoms with van der Waals surface area (Å²) in [7, 11) is 1.29. The quantitative estimate of drug-likeness (QED) is 0.387. The maximum absolute atomic E-state index is 13.1. The lowest BCUT2D eigenvalue weighted by molar-refractivity contribution is -0.385. The van der Waals surface area contributed by atoms with Crippen LogP contribution < -0.4 is 0 Å². The molecule has 1 heterocycles. The fraction of sp³-hybridized carbons (Fsp3) is 0.478. The lowest BCUT2D eigenvalue weighted by atomic mass is 9.72. The average molecular weight is 428 g/mol. The zero-order valence-corrected chi connectivity index (χ0v) is 18.1. The summed E-state index contributed by atoms with van der Waals surface area (Å²) in [6, 6.07) is 6.23. The van der Waals surface area contributed by atoms with Crippen LogP contribution in [0.15, 0.2) is 47.2 Å². The summed E-state index contributed by atoms with van der Waals surface area (Å²) in [6.07, 6.45) is 4.94. The molecule has 166 valence electrons. The van der Waals surface area contributed by atoms with Crippen molar-refractivity contribution in [1.29, 1.82) is 0 Å². The Kier molecular flexibility index (Phi) is 7.09. The van der Waals surface area contributed by atoms with Crippen LogP contribution in [0.2, 0.25) is 0 Å². The number of benzene rings is 1. The number of para-hydroxylation sites is 1. The van der Waals surface area contributed by atoms with E-state index in [1.165, 1.54) is 13.2 Å². The highest BCUT2D eigenvalue weighted by molar-refractivity contribution is 5.95. The molecule has 3 rings (SSSR count).